The summed E-state index contributed by atoms with van der Waals surface area (Å²) in [4.78, 5) is 6.39. The van der Waals surface area contributed by atoms with Gasteiger partial charge < -0.3 is 16.0 Å². The Morgan fingerprint density at radius 2 is 2.28 bits per heavy atom. The second-order valence-electron chi connectivity index (χ2n) is 4.38. The van der Waals surface area contributed by atoms with Crippen LogP contribution < -0.4 is 11.1 Å². The molecule has 0 radical (unpaired) electrons. The molecule has 2 heterocycles. The average Bonchev–Trinajstić information content (AvgIpc) is 2.66. The predicted molar refractivity (Wildman–Crippen MR) is 76.8 cm³/mol. The largest absolute Gasteiger partial charge is 0.384 e. The van der Waals surface area contributed by atoms with E-state index in [2.05, 4.69) is 50.3 Å². The highest BCUT2D eigenvalue weighted by Crippen LogP contribution is 2.20. The Balaban J connectivity index is 2.12. The van der Waals surface area contributed by atoms with Crippen LogP contribution in [0.1, 0.15) is 6.42 Å². The summed E-state index contributed by atoms with van der Waals surface area (Å²) in [7, 11) is 4.13. The van der Waals surface area contributed by atoms with Crippen molar-refractivity contribution in [3.8, 4) is 0 Å². The molecule has 0 saturated carbocycles. The summed E-state index contributed by atoms with van der Waals surface area (Å²) in [5.41, 5.74) is 6.51. The first kappa shape index (κ1) is 13.1. The Labute approximate surface area is 114 Å². The number of anilines is 2. The van der Waals surface area contributed by atoms with Crippen molar-refractivity contribution in [3.63, 3.8) is 0 Å². The molecule has 0 aliphatic rings. The molecule has 6 nitrogen and oxygen atoms in total. The van der Waals surface area contributed by atoms with Gasteiger partial charge >= 0.3 is 0 Å². The Morgan fingerprint density at radius 3 is 3.00 bits per heavy atom. The zero-order valence-corrected chi connectivity index (χ0v) is 12.1. The van der Waals surface area contributed by atoms with Gasteiger partial charge in [0, 0.05) is 12.6 Å². The Hall–Kier alpha value is -1.34. The molecule has 0 saturated heterocycles. The average molecular weight is 313 g/mol. The van der Waals surface area contributed by atoms with E-state index in [9.17, 15) is 0 Å². The van der Waals surface area contributed by atoms with Gasteiger partial charge in [0.1, 0.15) is 11.6 Å². The SMILES string of the molecule is CN(C)CCCNc1cc(N)nc2c(Br)cnn12. The number of fused-ring (bicyclic) bond motifs is 1. The van der Waals surface area contributed by atoms with E-state index in [1.807, 2.05) is 0 Å². The van der Waals surface area contributed by atoms with Gasteiger partial charge in [-0.25, -0.2) is 4.98 Å². The maximum Gasteiger partial charge on any atom is 0.173 e. The zero-order chi connectivity index (χ0) is 13.1. The molecule has 2 aromatic rings. The van der Waals surface area contributed by atoms with Crippen LogP contribution in [0.2, 0.25) is 0 Å². The third-order valence-corrected chi connectivity index (χ3v) is 3.10. The number of nitrogens with one attached hydrogen (secondary N) is 1. The maximum absolute atomic E-state index is 5.78. The third kappa shape index (κ3) is 2.91. The number of nitrogens with zero attached hydrogens (tertiary/aromatic N) is 4. The molecule has 0 amide bonds. The van der Waals surface area contributed by atoms with Crippen LogP contribution in [0, 0.1) is 0 Å². The van der Waals surface area contributed by atoms with Crippen molar-refractivity contribution in [2.45, 2.75) is 6.42 Å². The molecule has 0 spiro atoms. The molecular weight excluding hydrogens is 296 g/mol. The fraction of sp³-hybridized carbons (Fsp3) is 0.455. The van der Waals surface area contributed by atoms with Gasteiger partial charge in [0.05, 0.1) is 10.7 Å². The lowest BCUT2D eigenvalue weighted by molar-refractivity contribution is 0.405. The van der Waals surface area contributed by atoms with Gasteiger partial charge in [0.2, 0.25) is 0 Å². The summed E-state index contributed by atoms with van der Waals surface area (Å²) in [5.74, 6) is 1.35. The normalized spacial score (nSPS) is 11.3. The lowest BCUT2D eigenvalue weighted by atomic mass is 10.4. The molecule has 18 heavy (non-hydrogen) atoms. The summed E-state index contributed by atoms with van der Waals surface area (Å²) in [5, 5.41) is 7.58. The van der Waals surface area contributed by atoms with E-state index < -0.39 is 0 Å². The quantitative estimate of drug-likeness (QED) is 0.817. The minimum atomic E-state index is 0.485. The standard InChI is InChI=1S/C11H17BrN6/c1-17(2)5-3-4-14-10-6-9(13)16-11-8(12)7-15-18(10)11/h6-7,14H,3-5H2,1-2H3,(H2,13,16). The highest BCUT2D eigenvalue weighted by atomic mass is 79.9. The Bertz CT molecular complexity index is 536. The maximum atomic E-state index is 5.78. The molecule has 7 heteroatoms. The van der Waals surface area contributed by atoms with E-state index in [4.69, 9.17) is 5.73 Å². The molecule has 0 unspecified atom stereocenters. The molecule has 0 aliphatic carbocycles. The summed E-state index contributed by atoms with van der Waals surface area (Å²) >= 11 is 3.40. The molecule has 2 aromatic heterocycles. The fourth-order valence-corrected chi connectivity index (χ4v) is 2.04. The van der Waals surface area contributed by atoms with Gasteiger partial charge in [-0.15, -0.1) is 0 Å². The van der Waals surface area contributed by atoms with Crippen LogP contribution in [0.25, 0.3) is 5.65 Å². The molecule has 0 atom stereocenters. The third-order valence-electron chi connectivity index (χ3n) is 2.54. The zero-order valence-electron chi connectivity index (χ0n) is 10.5. The van der Waals surface area contributed by atoms with Crippen molar-refractivity contribution < 1.29 is 0 Å². The van der Waals surface area contributed by atoms with E-state index in [1.54, 1.807) is 16.8 Å². The van der Waals surface area contributed by atoms with Crippen molar-refractivity contribution in [2.75, 3.05) is 38.2 Å². The van der Waals surface area contributed by atoms with Crippen molar-refractivity contribution in [2.24, 2.45) is 0 Å². The van der Waals surface area contributed by atoms with Gasteiger partial charge in [0.25, 0.3) is 0 Å². The van der Waals surface area contributed by atoms with E-state index >= 15 is 0 Å². The lowest BCUT2D eigenvalue weighted by Gasteiger charge is -2.11. The predicted octanol–water partition coefficient (Wildman–Crippen LogP) is 1.44. The smallest absolute Gasteiger partial charge is 0.173 e. The van der Waals surface area contributed by atoms with Crippen molar-refractivity contribution in [3.05, 3.63) is 16.7 Å². The highest BCUT2D eigenvalue weighted by molar-refractivity contribution is 9.10. The molecule has 0 aliphatic heterocycles. The number of aromatic nitrogens is 3. The lowest BCUT2D eigenvalue weighted by Crippen LogP contribution is -2.17. The second kappa shape index (κ2) is 5.53. The Morgan fingerprint density at radius 1 is 1.50 bits per heavy atom. The van der Waals surface area contributed by atoms with Crippen molar-refractivity contribution in [1.29, 1.82) is 0 Å². The van der Waals surface area contributed by atoms with Crippen LogP contribution in [0.4, 0.5) is 11.6 Å². The summed E-state index contributed by atoms with van der Waals surface area (Å²) in [6, 6.07) is 1.79. The number of halogens is 1. The first-order chi connectivity index (χ1) is 8.58. The van der Waals surface area contributed by atoms with Crippen LogP contribution in [-0.4, -0.2) is 46.7 Å². The molecule has 0 fully saturated rings. The van der Waals surface area contributed by atoms with Gasteiger partial charge in [-0.05, 0) is 43.0 Å². The number of hydrogen-bond acceptors (Lipinski definition) is 5. The summed E-state index contributed by atoms with van der Waals surface area (Å²) in [6.45, 7) is 1.91. The van der Waals surface area contributed by atoms with Gasteiger partial charge in [-0.2, -0.15) is 9.61 Å². The monoisotopic (exact) mass is 312 g/mol. The first-order valence-corrected chi connectivity index (χ1v) is 6.55. The number of hydrogen-bond donors (Lipinski definition) is 2. The molecule has 2 rings (SSSR count). The molecule has 0 bridgehead atoms. The van der Waals surface area contributed by atoms with Crippen LogP contribution >= 0.6 is 15.9 Å². The Kier molecular flexibility index (Phi) is 4.03. The van der Waals surface area contributed by atoms with Crippen LogP contribution in [0.3, 0.4) is 0 Å². The van der Waals surface area contributed by atoms with Gasteiger partial charge in [0.15, 0.2) is 5.65 Å². The van der Waals surface area contributed by atoms with Gasteiger partial charge in [-0.3, -0.25) is 0 Å². The summed E-state index contributed by atoms with van der Waals surface area (Å²) < 4.78 is 2.59. The second-order valence-corrected chi connectivity index (χ2v) is 5.23. The molecule has 98 valence electrons. The fourth-order valence-electron chi connectivity index (χ4n) is 1.69. The van der Waals surface area contributed by atoms with Crippen LogP contribution in [0.5, 0.6) is 0 Å². The van der Waals surface area contributed by atoms with E-state index in [0.29, 0.717) is 5.82 Å². The molecule has 3 N–H and O–H groups in total. The van der Waals surface area contributed by atoms with Gasteiger partial charge in [-0.1, -0.05) is 0 Å². The molecule has 0 aromatic carbocycles. The van der Waals surface area contributed by atoms with Crippen LogP contribution in [-0.2, 0) is 0 Å². The topological polar surface area (TPSA) is 71.5 Å². The van der Waals surface area contributed by atoms with Crippen molar-refractivity contribution in [1.82, 2.24) is 19.5 Å². The highest BCUT2D eigenvalue weighted by Gasteiger charge is 2.08. The van der Waals surface area contributed by atoms with E-state index in [0.717, 1.165) is 35.4 Å². The number of rotatable bonds is 5. The van der Waals surface area contributed by atoms with E-state index in [1.165, 1.54) is 0 Å². The minimum absolute atomic E-state index is 0.485. The van der Waals surface area contributed by atoms with Crippen molar-refractivity contribution >= 4 is 33.2 Å². The summed E-state index contributed by atoms with van der Waals surface area (Å²) in [6.07, 6.45) is 2.77. The molecular formula is C11H17BrN6. The van der Waals surface area contributed by atoms with Crippen LogP contribution in [0.15, 0.2) is 16.7 Å². The number of nitrogens with two attached hydrogens (primary N) is 1. The van der Waals surface area contributed by atoms with E-state index in [-0.39, 0.29) is 0 Å². The number of nitrogen functional groups attached to an aromatic ring is 1. The minimum Gasteiger partial charge on any atom is -0.384 e. The first-order valence-electron chi connectivity index (χ1n) is 5.76.